The number of amides is 2. The standard InChI is InChI=1S/C17H26N2O2/c1-5-6-7-8-15(20)18-14-11-9-13(10-12-14)16(21)19-17(2,3)4/h9-12H,5-8H2,1-4H3,(H,18,20)(H,19,21). The van der Waals surface area contributed by atoms with Crippen molar-refractivity contribution < 1.29 is 9.59 Å². The maximum absolute atomic E-state index is 12.0. The average Bonchev–Trinajstić information content (AvgIpc) is 2.38. The van der Waals surface area contributed by atoms with Gasteiger partial charge in [0.2, 0.25) is 5.91 Å². The average molecular weight is 290 g/mol. The van der Waals surface area contributed by atoms with E-state index in [1.165, 1.54) is 0 Å². The summed E-state index contributed by atoms with van der Waals surface area (Å²) in [5.41, 5.74) is 1.06. The van der Waals surface area contributed by atoms with Gasteiger partial charge in [-0.1, -0.05) is 19.8 Å². The molecule has 0 aliphatic heterocycles. The second kappa shape index (κ2) is 7.81. The minimum Gasteiger partial charge on any atom is -0.347 e. The molecule has 4 nitrogen and oxygen atoms in total. The first-order valence-electron chi connectivity index (χ1n) is 7.54. The molecule has 0 fully saturated rings. The Morgan fingerprint density at radius 1 is 1.05 bits per heavy atom. The van der Waals surface area contributed by atoms with Gasteiger partial charge in [0.15, 0.2) is 0 Å². The van der Waals surface area contributed by atoms with Crippen molar-refractivity contribution in [2.75, 3.05) is 5.32 Å². The van der Waals surface area contributed by atoms with Crippen molar-refractivity contribution in [1.82, 2.24) is 5.32 Å². The van der Waals surface area contributed by atoms with Crippen molar-refractivity contribution in [2.45, 2.75) is 58.9 Å². The minimum atomic E-state index is -0.261. The summed E-state index contributed by atoms with van der Waals surface area (Å²) in [5.74, 6) is -0.0846. The summed E-state index contributed by atoms with van der Waals surface area (Å²) in [6.07, 6.45) is 3.62. The van der Waals surface area contributed by atoms with E-state index >= 15 is 0 Å². The number of carbonyl (C=O) groups is 2. The highest BCUT2D eigenvalue weighted by molar-refractivity contribution is 5.96. The van der Waals surface area contributed by atoms with Gasteiger partial charge in [-0.25, -0.2) is 0 Å². The van der Waals surface area contributed by atoms with Crippen LogP contribution in [0.5, 0.6) is 0 Å². The lowest BCUT2D eigenvalue weighted by Crippen LogP contribution is -2.40. The van der Waals surface area contributed by atoms with Crippen LogP contribution in [0.2, 0.25) is 0 Å². The van der Waals surface area contributed by atoms with Crippen molar-refractivity contribution in [1.29, 1.82) is 0 Å². The summed E-state index contributed by atoms with van der Waals surface area (Å²) < 4.78 is 0. The van der Waals surface area contributed by atoms with Crippen LogP contribution >= 0.6 is 0 Å². The molecule has 2 N–H and O–H groups in total. The van der Waals surface area contributed by atoms with Gasteiger partial charge in [-0.3, -0.25) is 9.59 Å². The molecule has 1 aromatic rings. The van der Waals surface area contributed by atoms with E-state index < -0.39 is 0 Å². The van der Waals surface area contributed by atoms with Crippen LogP contribution in [-0.4, -0.2) is 17.4 Å². The topological polar surface area (TPSA) is 58.2 Å². The van der Waals surface area contributed by atoms with Crippen LogP contribution in [0.1, 0.15) is 63.7 Å². The molecule has 0 saturated heterocycles. The zero-order chi connectivity index (χ0) is 15.9. The molecule has 116 valence electrons. The molecule has 1 aromatic carbocycles. The number of rotatable bonds is 6. The lowest BCUT2D eigenvalue weighted by molar-refractivity contribution is -0.116. The first-order valence-corrected chi connectivity index (χ1v) is 7.54. The molecule has 2 amide bonds. The van der Waals surface area contributed by atoms with E-state index in [1.807, 2.05) is 20.8 Å². The first kappa shape index (κ1) is 17.2. The van der Waals surface area contributed by atoms with Crippen molar-refractivity contribution in [3.05, 3.63) is 29.8 Å². The molecule has 0 bridgehead atoms. The summed E-state index contributed by atoms with van der Waals surface area (Å²) in [6.45, 7) is 7.93. The van der Waals surface area contributed by atoms with E-state index in [1.54, 1.807) is 24.3 Å². The van der Waals surface area contributed by atoms with Gasteiger partial charge in [0.25, 0.3) is 5.91 Å². The Morgan fingerprint density at radius 3 is 2.19 bits per heavy atom. The molecule has 0 aromatic heterocycles. The Bertz CT molecular complexity index is 473. The second-order valence-electron chi connectivity index (χ2n) is 6.29. The van der Waals surface area contributed by atoms with Crippen molar-refractivity contribution in [3.8, 4) is 0 Å². The lowest BCUT2D eigenvalue weighted by Gasteiger charge is -2.20. The molecular formula is C17H26N2O2. The van der Waals surface area contributed by atoms with Crippen LogP contribution in [0.4, 0.5) is 5.69 Å². The smallest absolute Gasteiger partial charge is 0.251 e. The summed E-state index contributed by atoms with van der Waals surface area (Å²) in [6, 6.07) is 6.97. The first-order chi connectivity index (χ1) is 9.81. The molecule has 21 heavy (non-hydrogen) atoms. The third-order valence-corrected chi connectivity index (χ3v) is 2.93. The summed E-state index contributed by atoms with van der Waals surface area (Å²) in [5, 5.41) is 5.75. The zero-order valence-corrected chi connectivity index (χ0v) is 13.5. The third-order valence-electron chi connectivity index (χ3n) is 2.93. The summed E-state index contributed by atoms with van der Waals surface area (Å²) in [4.78, 5) is 23.7. The molecule has 0 aliphatic carbocycles. The molecule has 4 heteroatoms. The van der Waals surface area contributed by atoms with Crippen molar-refractivity contribution in [2.24, 2.45) is 0 Å². The molecule has 0 heterocycles. The van der Waals surface area contributed by atoms with E-state index in [0.29, 0.717) is 12.0 Å². The SMILES string of the molecule is CCCCCC(=O)Nc1ccc(C(=O)NC(C)(C)C)cc1. The fourth-order valence-corrected chi connectivity index (χ4v) is 1.88. The van der Waals surface area contributed by atoms with E-state index in [-0.39, 0.29) is 17.4 Å². The Labute approximate surface area is 127 Å². The van der Waals surface area contributed by atoms with Gasteiger partial charge in [0, 0.05) is 23.2 Å². The normalized spacial score (nSPS) is 11.0. The Kier molecular flexibility index (Phi) is 6.40. The molecule has 0 saturated carbocycles. The predicted octanol–water partition coefficient (Wildman–Crippen LogP) is 3.73. The quantitative estimate of drug-likeness (QED) is 0.784. The highest BCUT2D eigenvalue weighted by Crippen LogP contribution is 2.12. The van der Waals surface area contributed by atoms with E-state index in [0.717, 1.165) is 24.9 Å². The highest BCUT2D eigenvalue weighted by Gasteiger charge is 2.15. The van der Waals surface area contributed by atoms with Gasteiger partial charge in [-0.15, -0.1) is 0 Å². The number of carbonyl (C=O) groups excluding carboxylic acids is 2. The summed E-state index contributed by atoms with van der Waals surface area (Å²) >= 11 is 0. The Balaban J connectivity index is 2.54. The van der Waals surface area contributed by atoms with Crippen LogP contribution in [0.3, 0.4) is 0 Å². The molecular weight excluding hydrogens is 264 g/mol. The van der Waals surface area contributed by atoms with E-state index in [9.17, 15) is 9.59 Å². The van der Waals surface area contributed by atoms with Crippen LogP contribution in [0, 0.1) is 0 Å². The van der Waals surface area contributed by atoms with Crippen molar-refractivity contribution in [3.63, 3.8) is 0 Å². The van der Waals surface area contributed by atoms with Gasteiger partial charge >= 0.3 is 0 Å². The van der Waals surface area contributed by atoms with Crippen LogP contribution in [0.25, 0.3) is 0 Å². The lowest BCUT2D eigenvalue weighted by atomic mass is 10.1. The fraction of sp³-hybridized carbons (Fsp3) is 0.529. The maximum atomic E-state index is 12.0. The Hall–Kier alpha value is -1.84. The summed E-state index contributed by atoms with van der Waals surface area (Å²) in [7, 11) is 0. The zero-order valence-electron chi connectivity index (χ0n) is 13.5. The Morgan fingerprint density at radius 2 is 1.67 bits per heavy atom. The molecule has 0 unspecified atom stereocenters. The van der Waals surface area contributed by atoms with Crippen molar-refractivity contribution >= 4 is 17.5 Å². The fourth-order valence-electron chi connectivity index (χ4n) is 1.88. The second-order valence-corrected chi connectivity index (χ2v) is 6.29. The van der Waals surface area contributed by atoms with Crippen LogP contribution in [0.15, 0.2) is 24.3 Å². The van der Waals surface area contributed by atoms with E-state index in [4.69, 9.17) is 0 Å². The number of hydrogen-bond acceptors (Lipinski definition) is 2. The monoisotopic (exact) mass is 290 g/mol. The number of unbranched alkanes of at least 4 members (excludes halogenated alkanes) is 2. The van der Waals surface area contributed by atoms with Gasteiger partial charge in [0.05, 0.1) is 0 Å². The molecule has 0 radical (unpaired) electrons. The number of nitrogens with one attached hydrogen (secondary N) is 2. The van der Waals surface area contributed by atoms with Gasteiger partial charge in [0.1, 0.15) is 0 Å². The molecule has 1 rings (SSSR count). The van der Waals surface area contributed by atoms with Gasteiger partial charge in [-0.2, -0.15) is 0 Å². The molecule has 0 aliphatic rings. The number of anilines is 1. The largest absolute Gasteiger partial charge is 0.347 e. The van der Waals surface area contributed by atoms with E-state index in [2.05, 4.69) is 17.6 Å². The van der Waals surface area contributed by atoms with Crippen LogP contribution < -0.4 is 10.6 Å². The maximum Gasteiger partial charge on any atom is 0.251 e. The predicted molar refractivity (Wildman–Crippen MR) is 86.4 cm³/mol. The number of benzene rings is 1. The molecule has 0 atom stereocenters. The van der Waals surface area contributed by atoms with Crippen LogP contribution in [-0.2, 0) is 4.79 Å². The molecule has 0 spiro atoms. The third kappa shape index (κ3) is 6.93. The minimum absolute atomic E-state index is 0.0235. The highest BCUT2D eigenvalue weighted by atomic mass is 16.2. The van der Waals surface area contributed by atoms with Gasteiger partial charge < -0.3 is 10.6 Å². The number of hydrogen-bond donors (Lipinski definition) is 2. The van der Waals surface area contributed by atoms with Gasteiger partial charge in [-0.05, 0) is 51.5 Å².